The van der Waals surface area contributed by atoms with Gasteiger partial charge in [0.15, 0.2) is 0 Å². The Labute approximate surface area is 303 Å². The number of alkyl halides is 2. The molecule has 3 fully saturated rings. The Morgan fingerprint density at radius 1 is 1.08 bits per heavy atom. The second-order valence-corrected chi connectivity index (χ2v) is 17.2. The van der Waals surface area contributed by atoms with E-state index in [1.165, 1.54) is 16.2 Å². The van der Waals surface area contributed by atoms with Crippen molar-refractivity contribution < 1.29 is 45.9 Å². The minimum atomic E-state index is -4.13. The molecular weight excluding hydrogens is 723 g/mol. The fourth-order valence-electron chi connectivity index (χ4n) is 6.32. The van der Waals surface area contributed by atoms with Gasteiger partial charge < -0.3 is 25.0 Å². The van der Waals surface area contributed by atoms with Gasteiger partial charge in [-0.05, 0) is 55.2 Å². The molecule has 1 aliphatic heterocycles. The van der Waals surface area contributed by atoms with Crippen molar-refractivity contribution in [2.24, 2.45) is 11.3 Å². The molecule has 2 aromatic heterocycles. The van der Waals surface area contributed by atoms with Crippen molar-refractivity contribution in [3.63, 3.8) is 0 Å². The molecule has 2 aliphatic carbocycles. The first-order valence-corrected chi connectivity index (χ1v) is 19.3. The molecule has 0 spiro atoms. The van der Waals surface area contributed by atoms with Crippen LogP contribution < -0.4 is 20.1 Å². The SMILES string of the molecule is CCOC(=O)N[C@H](C(=O)N1C[C@H](Oc2nc3ccccc3nc2-c2cccs2)CC1C(=O)N[C@]1(C(=O)NS(=O)(=O)C2CC2)C[C@H]1C(F)F)C(C)(C)C. The number of rotatable bonds is 12. The van der Waals surface area contributed by atoms with Crippen LogP contribution in [-0.2, 0) is 29.1 Å². The van der Waals surface area contributed by atoms with Crippen LogP contribution in [0.15, 0.2) is 41.8 Å². The van der Waals surface area contributed by atoms with E-state index in [1.807, 2.05) is 28.3 Å². The van der Waals surface area contributed by atoms with E-state index in [9.17, 15) is 36.4 Å². The average molecular weight is 763 g/mol. The van der Waals surface area contributed by atoms with Gasteiger partial charge in [-0.25, -0.2) is 32.0 Å². The van der Waals surface area contributed by atoms with E-state index >= 15 is 0 Å². The van der Waals surface area contributed by atoms with Gasteiger partial charge in [0.2, 0.25) is 34.1 Å². The number of nitrogens with zero attached hydrogens (tertiary/aromatic N) is 3. The minimum absolute atomic E-state index is 0.0346. The number of fused-ring (bicyclic) bond motifs is 1. The van der Waals surface area contributed by atoms with E-state index in [2.05, 4.69) is 10.6 Å². The number of alkyl carbamates (subject to hydrolysis) is 1. The van der Waals surface area contributed by atoms with E-state index in [-0.39, 0.29) is 25.5 Å². The molecule has 6 rings (SSSR count). The quantitative estimate of drug-likeness (QED) is 0.246. The molecule has 2 saturated carbocycles. The van der Waals surface area contributed by atoms with Gasteiger partial charge in [-0.15, -0.1) is 11.3 Å². The summed E-state index contributed by atoms with van der Waals surface area (Å²) < 4.78 is 66.7. The molecule has 1 unspecified atom stereocenters. The van der Waals surface area contributed by atoms with Crippen molar-refractivity contribution in [3.8, 4) is 16.5 Å². The zero-order chi connectivity index (χ0) is 37.6. The number of aromatic nitrogens is 2. The summed E-state index contributed by atoms with van der Waals surface area (Å²) in [5, 5.41) is 6.03. The van der Waals surface area contributed by atoms with Crippen molar-refractivity contribution in [2.45, 2.75) is 88.8 Å². The molecule has 4 amide bonds. The van der Waals surface area contributed by atoms with Gasteiger partial charge in [-0.2, -0.15) is 0 Å². The van der Waals surface area contributed by atoms with Crippen molar-refractivity contribution in [1.29, 1.82) is 0 Å². The summed E-state index contributed by atoms with van der Waals surface area (Å²) in [6.07, 6.45) is -4.81. The molecule has 3 aromatic rings. The standard InChI is InChI=1S/C34H40F2N6O8S2/c1-5-49-32(46)39-26(33(2,3)4)30(44)42-17-18(50-29-25(24-11-8-14-51-24)37-21-9-6-7-10-22(21)38-29)15-23(42)28(43)40-34(16-20(34)27(35)36)31(45)41-52(47,48)19-12-13-19/h6-11,14,18-20,23,26-27H,5,12-13,15-17H2,1-4H3,(H,39,46)(H,40,43)(H,41,45)/t18-,20+,23?,26-,34-/m1/s1. The number of para-hydroxylation sites is 2. The summed E-state index contributed by atoms with van der Waals surface area (Å²) in [7, 11) is -4.13. The number of hydrogen-bond donors (Lipinski definition) is 3. The van der Waals surface area contributed by atoms with Crippen LogP contribution in [-0.4, -0.2) is 95.7 Å². The number of sulfonamides is 1. The average Bonchev–Trinajstić information content (AvgIpc) is 3.96. The molecule has 18 heteroatoms. The molecule has 3 aliphatic rings. The smallest absolute Gasteiger partial charge is 0.407 e. The maximum atomic E-state index is 14.3. The first-order valence-electron chi connectivity index (χ1n) is 16.9. The van der Waals surface area contributed by atoms with Gasteiger partial charge in [-0.3, -0.25) is 19.1 Å². The Bertz CT molecular complexity index is 1970. The first-order chi connectivity index (χ1) is 24.5. The number of hydrogen-bond acceptors (Lipinski definition) is 11. The van der Waals surface area contributed by atoms with Crippen LogP contribution >= 0.6 is 11.3 Å². The lowest BCUT2D eigenvalue weighted by atomic mass is 9.85. The molecule has 0 bridgehead atoms. The number of nitrogens with one attached hydrogen (secondary N) is 3. The monoisotopic (exact) mass is 762 g/mol. The van der Waals surface area contributed by atoms with Crippen LogP contribution in [0.1, 0.15) is 53.4 Å². The van der Waals surface area contributed by atoms with E-state index in [4.69, 9.17) is 19.4 Å². The highest BCUT2D eigenvalue weighted by atomic mass is 32.2. The van der Waals surface area contributed by atoms with Gasteiger partial charge >= 0.3 is 6.09 Å². The Kier molecular flexibility index (Phi) is 10.2. The summed E-state index contributed by atoms with van der Waals surface area (Å²) in [6.45, 7) is 6.55. The molecule has 14 nitrogen and oxygen atoms in total. The lowest BCUT2D eigenvalue weighted by Crippen LogP contribution is -2.60. The highest BCUT2D eigenvalue weighted by Gasteiger charge is 2.66. The van der Waals surface area contributed by atoms with E-state index in [1.54, 1.807) is 45.9 Å². The molecule has 1 saturated heterocycles. The molecule has 52 heavy (non-hydrogen) atoms. The largest absolute Gasteiger partial charge is 0.471 e. The second-order valence-electron chi connectivity index (χ2n) is 14.3. The van der Waals surface area contributed by atoms with Crippen molar-refractivity contribution in [3.05, 3.63) is 41.8 Å². The summed E-state index contributed by atoms with van der Waals surface area (Å²) >= 11 is 1.41. The third-order valence-electron chi connectivity index (χ3n) is 9.34. The number of benzene rings is 1. The number of ether oxygens (including phenoxy) is 2. The van der Waals surface area contributed by atoms with Gasteiger partial charge in [0, 0.05) is 6.42 Å². The lowest BCUT2D eigenvalue weighted by molar-refractivity contribution is -0.143. The summed E-state index contributed by atoms with van der Waals surface area (Å²) in [5.41, 5.74) is -1.53. The number of thiophene rings is 1. The van der Waals surface area contributed by atoms with Crippen LogP contribution in [0.5, 0.6) is 5.88 Å². The number of carbonyl (C=O) groups excluding carboxylic acids is 4. The molecule has 3 N–H and O–H groups in total. The lowest BCUT2D eigenvalue weighted by Gasteiger charge is -2.35. The third kappa shape index (κ3) is 7.67. The second kappa shape index (κ2) is 14.2. The predicted molar refractivity (Wildman–Crippen MR) is 186 cm³/mol. The number of carbonyl (C=O) groups is 4. The summed E-state index contributed by atoms with van der Waals surface area (Å²) in [6, 6.07) is 8.26. The van der Waals surface area contributed by atoms with E-state index < -0.39 is 87.0 Å². The summed E-state index contributed by atoms with van der Waals surface area (Å²) in [4.78, 5) is 65.7. The zero-order valence-corrected chi connectivity index (χ0v) is 30.6. The zero-order valence-electron chi connectivity index (χ0n) is 28.9. The first kappa shape index (κ1) is 37.3. The molecular formula is C34H40F2N6O8S2. The van der Waals surface area contributed by atoms with Gasteiger partial charge in [-0.1, -0.05) is 39.0 Å². The maximum absolute atomic E-state index is 14.3. The predicted octanol–water partition coefficient (Wildman–Crippen LogP) is 3.62. The van der Waals surface area contributed by atoms with Gasteiger partial charge in [0.25, 0.3) is 5.91 Å². The van der Waals surface area contributed by atoms with Crippen LogP contribution in [0.4, 0.5) is 13.6 Å². The maximum Gasteiger partial charge on any atom is 0.407 e. The van der Waals surface area contributed by atoms with E-state index in [0.717, 1.165) is 4.88 Å². The Hall–Kier alpha value is -4.45. The fourth-order valence-corrected chi connectivity index (χ4v) is 8.39. The van der Waals surface area contributed by atoms with Gasteiger partial charge in [0.1, 0.15) is 29.4 Å². The molecule has 0 radical (unpaired) electrons. The van der Waals surface area contributed by atoms with Crippen molar-refractivity contribution >= 4 is 56.2 Å². The van der Waals surface area contributed by atoms with Crippen LogP contribution in [0.3, 0.4) is 0 Å². The van der Waals surface area contributed by atoms with Crippen molar-refractivity contribution in [2.75, 3.05) is 13.2 Å². The summed E-state index contributed by atoms with van der Waals surface area (Å²) in [5.74, 6) is -4.43. The molecule has 5 atom stereocenters. The van der Waals surface area contributed by atoms with Crippen LogP contribution in [0.2, 0.25) is 0 Å². The number of likely N-dealkylation sites (tertiary alicyclic amines) is 1. The fraction of sp³-hybridized carbons (Fsp3) is 0.529. The Morgan fingerprint density at radius 2 is 1.77 bits per heavy atom. The minimum Gasteiger partial charge on any atom is -0.471 e. The number of halogens is 2. The molecule has 280 valence electrons. The van der Waals surface area contributed by atoms with E-state index in [0.29, 0.717) is 29.6 Å². The molecule has 3 heterocycles. The topological polar surface area (TPSA) is 186 Å². The highest BCUT2D eigenvalue weighted by molar-refractivity contribution is 7.91. The number of amides is 4. The Morgan fingerprint density at radius 3 is 2.35 bits per heavy atom. The molecule has 1 aromatic carbocycles. The van der Waals surface area contributed by atoms with Crippen molar-refractivity contribution in [1.82, 2.24) is 30.2 Å². The van der Waals surface area contributed by atoms with Crippen LogP contribution in [0, 0.1) is 11.3 Å². The Balaban J connectivity index is 1.33. The normalized spacial score (nSPS) is 23.6. The van der Waals surface area contributed by atoms with Crippen LogP contribution in [0.25, 0.3) is 21.6 Å². The highest BCUT2D eigenvalue weighted by Crippen LogP contribution is 2.48. The van der Waals surface area contributed by atoms with Gasteiger partial charge in [0.05, 0.1) is 40.2 Å². The third-order valence-corrected chi connectivity index (χ3v) is 12.0.